The smallest absolute Gasteiger partial charge is 0.255 e. The molecule has 150 valence electrons. The highest BCUT2D eigenvalue weighted by molar-refractivity contribution is 9.10. The minimum absolute atomic E-state index is 0.181. The van der Waals surface area contributed by atoms with E-state index < -0.39 is 0 Å². The van der Waals surface area contributed by atoms with Crippen LogP contribution >= 0.6 is 15.9 Å². The Morgan fingerprint density at radius 3 is 2.39 bits per heavy atom. The average molecular weight is 447 g/mol. The van der Waals surface area contributed by atoms with Gasteiger partial charge in [0, 0.05) is 22.4 Å². The van der Waals surface area contributed by atoms with E-state index >= 15 is 0 Å². The monoisotopic (exact) mass is 446 g/mol. The first-order valence-corrected chi connectivity index (χ1v) is 10.1. The Morgan fingerprint density at radius 1 is 1.04 bits per heavy atom. The van der Waals surface area contributed by atoms with Crippen molar-refractivity contribution in [3.8, 4) is 5.75 Å². The van der Waals surface area contributed by atoms with Gasteiger partial charge < -0.3 is 15.4 Å². The lowest BCUT2D eigenvalue weighted by atomic mass is 10.1. The highest BCUT2D eigenvalue weighted by atomic mass is 79.9. The molecular formula is C22H27BrN2O3. The first-order valence-electron chi connectivity index (χ1n) is 9.36. The van der Waals surface area contributed by atoms with Crippen molar-refractivity contribution < 1.29 is 14.3 Å². The summed E-state index contributed by atoms with van der Waals surface area (Å²) in [5, 5.41) is 5.75. The largest absolute Gasteiger partial charge is 0.492 e. The van der Waals surface area contributed by atoms with Crippen LogP contribution in [-0.2, 0) is 0 Å². The van der Waals surface area contributed by atoms with Crippen LogP contribution in [0.25, 0.3) is 0 Å². The Morgan fingerprint density at radius 2 is 1.75 bits per heavy atom. The lowest BCUT2D eigenvalue weighted by Crippen LogP contribution is -2.40. The number of rotatable bonds is 7. The van der Waals surface area contributed by atoms with E-state index in [1.807, 2.05) is 20.8 Å². The molecule has 28 heavy (non-hydrogen) atoms. The van der Waals surface area contributed by atoms with E-state index in [1.54, 1.807) is 42.5 Å². The van der Waals surface area contributed by atoms with Crippen LogP contribution in [-0.4, -0.2) is 24.0 Å². The minimum atomic E-state index is -0.330. The minimum Gasteiger partial charge on any atom is -0.492 e. The zero-order valence-corrected chi connectivity index (χ0v) is 18.4. The van der Waals surface area contributed by atoms with Crippen LogP contribution in [0.15, 0.2) is 46.9 Å². The van der Waals surface area contributed by atoms with E-state index in [0.717, 1.165) is 17.3 Å². The normalized spacial score (nSPS) is 11.0. The molecule has 0 fully saturated rings. The molecular weight excluding hydrogens is 420 g/mol. The van der Waals surface area contributed by atoms with Crippen LogP contribution in [0.4, 0.5) is 5.69 Å². The molecule has 2 amide bonds. The summed E-state index contributed by atoms with van der Waals surface area (Å²) in [4.78, 5) is 24.9. The number of carbonyl (C=O) groups excluding carboxylic acids is 2. The summed E-state index contributed by atoms with van der Waals surface area (Å²) in [5.74, 6) is 0.278. The van der Waals surface area contributed by atoms with Crippen molar-refractivity contribution >= 4 is 33.4 Å². The van der Waals surface area contributed by atoms with E-state index in [1.165, 1.54) is 0 Å². The highest BCUT2D eigenvalue weighted by Crippen LogP contribution is 2.26. The number of hydrogen-bond acceptors (Lipinski definition) is 3. The van der Waals surface area contributed by atoms with Gasteiger partial charge in [-0.1, -0.05) is 19.4 Å². The molecule has 5 nitrogen and oxygen atoms in total. The van der Waals surface area contributed by atoms with Gasteiger partial charge in [0.15, 0.2) is 0 Å². The fraction of sp³-hybridized carbons (Fsp3) is 0.364. The molecule has 2 N–H and O–H groups in total. The third-order valence-corrected chi connectivity index (χ3v) is 4.44. The number of hydrogen-bond donors (Lipinski definition) is 2. The number of benzene rings is 2. The highest BCUT2D eigenvalue weighted by Gasteiger charge is 2.16. The van der Waals surface area contributed by atoms with Gasteiger partial charge in [0.2, 0.25) is 0 Å². The zero-order chi connectivity index (χ0) is 20.7. The molecule has 2 rings (SSSR count). The molecule has 0 atom stereocenters. The van der Waals surface area contributed by atoms with E-state index in [9.17, 15) is 9.59 Å². The first kappa shape index (κ1) is 22.0. The summed E-state index contributed by atoms with van der Waals surface area (Å²) in [5.41, 5.74) is 1.22. The molecule has 0 aromatic heterocycles. The maximum atomic E-state index is 12.6. The van der Waals surface area contributed by atoms with Crippen molar-refractivity contribution in [2.75, 3.05) is 11.9 Å². The number of halogens is 1. The average Bonchev–Trinajstić information content (AvgIpc) is 2.62. The van der Waals surface area contributed by atoms with E-state index in [2.05, 4.69) is 33.5 Å². The molecule has 0 aliphatic carbocycles. The van der Waals surface area contributed by atoms with Gasteiger partial charge in [-0.15, -0.1) is 0 Å². The number of anilines is 1. The van der Waals surface area contributed by atoms with Crippen molar-refractivity contribution in [2.24, 2.45) is 0 Å². The molecule has 0 aliphatic rings. The lowest BCUT2D eigenvalue weighted by molar-refractivity contribution is 0.0918. The molecule has 0 unspecified atom stereocenters. The molecule has 0 radical (unpaired) electrons. The maximum Gasteiger partial charge on any atom is 0.255 e. The van der Waals surface area contributed by atoms with Crippen molar-refractivity contribution in [1.29, 1.82) is 0 Å². The van der Waals surface area contributed by atoms with Gasteiger partial charge >= 0.3 is 0 Å². The summed E-state index contributed by atoms with van der Waals surface area (Å²) in [6, 6.07) is 12.1. The summed E-state index contributed by atoms with van der Waals surface area (Å²) >= 11 is 3.45. The number of nitrogens with one attached hydrogen (secondary N) is 2. The SMILES string of the molecule is CCCCOc1ccc(C(=O)Nc2cccc(C(=O)NC(C)(C)C)c2)cc1Br. The molecule has 0 bridgehead atoms. The fourth-order valence-corrected chi connectivity index (χ4v) is 2.93. The van der Waals surface area contributed by atoms with Crippen molar-refractivity contribution in [3.63, 3.8) is 0 Å². The Labute approximate surface area is 175 Å². The van der Waals surface area contributed by atoms with Crippen LogP contribution in [0.1, 0.15) is 61.3 Å². The van der Waals surface area contributed by atoms with Crippen LogP contribution in [0.2, 0.25) is 0 Å². The second kappa shape index (κ2) is 9.73. The Kier molecular flexibility index (Phi) is 7.63. The van der Waals surface area contributed by atoms with Crippen molar-refractivity contribution in [2.45, 2.75) is 46.1 Å². The Balaban J connectivity index is 2.07. The summed E-state index contributed by atoms with van der Waals surface area (Å²) in [7, 11) is 0. The molecule has 0 saturated heterocycles. The van der Waals surface area contributed by atoms with Gasteiger partial charge in [0.1, 0.15) is 5.75 Å². The van der Waals surface area contributed by atoms with Crippen LogP contribution in [0.3, 0.4) is 0 Å². The number of amides is 2. The second-order valence-electron chi connectivity index (χ2n) is 7.59. The van der Waals surface area contributed by atoms with Crippen LogP contribution in [0, 0.1) is 0 Å². The maximum absolute atomic E-state index is 12.6. The van der Waals surface area contributed by atoms with Crippen molar-refractivity contribution in [1.82, 2.24) is 5.32 Å². The predicted octanol–water partition coefficient (Wildman–Crippen LogP) is 5.41. The Hall–Kier alpha value is -2.34. The molecule has 0 heterocycles. The summed E-state index contributed by atoms with van der Waals surface area (Å²) < 4.78 is 6.42. The lowest BCUT2D eigenvalue weighted by Gasteiger charge is -2.20. The summed E-state index contributed by atoms with van der Waals surface area (Å²) in [6.07, 6.45) is 2.04. The molecule has 0 aliphatic heterocycles. The van der Waals surface area contributed by atoms with Gasteiger partial charge in [0.05, 0.1) is 11.1 Å². The van der Waals surface area contributed by atoms with Crippen molar-refractivity contribution in [3.05, 3.63) is 58.1 Å². The molecule has 0 saturated carbocycles. The van der Waals surface area contributed by atoms with E-state index in [4.69, 9.17) is 4.74 Å². The van der Waals surface area contributed by atoms with E-state index in [-0.39, 0.29) is 17.4 Å². The standard InChI is InChI=1S/C22H27BrN2O3/c1-5-6-12-28-19-11-10-16(14-18(19)23)20(26)24-17-9-7-8-15(13-17)21(27)25-22(2,3)4/h7-11,13-14H,5-6,12H2,1-4H3,(H,24,26)(H,25,27). The topological polar surface area (TPSA) is 67.4 Å². The van der Waals surface area contributed by atoms with Gasteiger partial charge in [-0.3, -0.25) is 9.59 Å². The third kappa shape index (κ3) is 6.68. The molecule has 2 aromatic carbocycles. The number of ether oxygens (including phenoxy) is 1. The molecule has 0 spiro atoms. The van der Waals surface area contributed by atoms with Gasteiger partial charge in [-0.25, -0.2) is 0 Å². The number of unbranched alkanes of at least 4 members (excludes halogenated alkanes) is 1. The Bertz CT molecular complexity index is 844. The van der Waals surface area contributed by atoms with Gasteiger partial charge in [-0.2, -0.15) is 0 Å². The first-order chi connectivity index (χ1) is 13.2. The third-order valence-electron chi connectivity index (χ3n) is 3.82. The van der Waals surface area contributed by atoms with Crippen LogP contribution in [0.5, 0.6) is 5.75 Å². The fourth-order valence-electron chi connectivity index (χ4n) is 2.44. The zero-order valence-electron chi connectivity index (χ0n) is 16.8. The quantitative estimate of drug-likeness (QED) is 0.558. The van der Waals surface area contributed by atoms with Gasteiger partial charge in [-0.05, 0) is 79.5 Å². The molecule has 2 aromatic rings. The van der Waals surface area contributed by atoms with Gasteiger partial charge in [0.25, 0.3) is 11.8 Å². The predicted molar refractivity (Wildman–Crippen MR) is 116 cm³/mol. The van der Waals surface area contributed by atoms with E-state index in [0.29, 0.717) is 29.2 Å². The second-order valence-corrected chi connectivity index (χ2v) is 8.44. The number of carbonyl (C=O) groups is 2. The molecule has 6 heteroatoms. The summed E-state index contributed by atoms with van der Waals surface area (Å²) in [6.45, 7) is 8.51. The van der Waals surface area contributed by atoms with Crippen LogP contribution < -0.4 is 15.4 Å².